The van der Waals surface area contributed by atoms with Gasteiger partial charge in [-0.1, -0.05) is 23.3 Å². The molecule has 0 amide bonds. The Bertz CT molecular complexity index is 622. The lowest BCUT2D eigenvalue weighted by atomic mass is 9.58. The second-order valence-corrected chi connectivity index (χ2v) is 10.1. The molecular formula is C23H36N2O. The van der Waals surface area contributed by atoms with E-state index in [9.17, 15) is 5.11 Å². The lowest BCUT2D eigenvalue weighted by Gasteiger charge is -2.49. The third-order valence-corrected chi connectivity index (χ3v) is 8.73. The van der Waals surface area contributed by atoms with E-state index in [-0.39, 0.29) is 6.10 Å². The van der Waals surface area contributed by atoms with E-state index in [4.69, 9.17) is 0 Å². The van der Waals surface area contributed by atoms with Crippen LogP contribution in [0.1, 0.15) is 40.0 Å². The van der Waals surface area contributed by atoms with Gasteiger partial charge in [-0.3, -0.25) is 0 Å². The molecule has 144 valence electrons. The lowest BCUT2D eigenvalue weighted by molar-refractivity contribution is -0.0646. The largest absolute Gasteiger partial charge is 0.393 e. The first-order valence-corrected chi connectivity index (χ1v) is 11.0. The molecule has 5 saturated carbocycles. The zero-order chi connectivity index (χ0) is 18.0. The normalized spacial score (nSPS) is 49.2. The van der Waals surface area contributed by atoms with Crippen molar-refractivity contribution in [3.8, 4) is 0 Å². The monoisotopic (exact) mass is 356 g/mol. The molecule has 0 saturated heterocycles. The average Bonchev–Trinajstić information content (AvgIpc) is 3.10. The maximum atomic E-state index is 10.7. The molecule has 26 heavy (non-hydrogen) atoms. The van der Waals surface area contributed by atoms with E-state index < -0.39 is 0 Å². The molecule has 0 aromatic rings. The number of rotatable bonds is 9. The summed E-state index contributed by atoms with van der Waals surface area (Å²) in [6.07, 6.45) is 8.51. The Labute approximate surface area is 158 Å². The van der Waals surface area contributed by atoms with Crippen molar-refractivity contribution in [3.63, 3.8) is 0 Å². The molecule has 8 unspecified atom stereocenters. The molecule has 0 radical (unpaired) electrons. The second kappa shape index (κ2) is 6.46. The Morgan fingerprint density at radius 2 is 1.69 bits per heavy atom. The molecule has 0 spiro atoms. The highest BCUT2D eigenvalue weighted by atomic mass is 16.3. The van der Waals surface area contributed by atoms with Gasteiger partial charge in [0.15, 0.2) is 0 Å². The van der Waals surface area contributed by atoms with E-state index >= 15 is 0 Å². The number of nitrogens with one attached hydrogen (secondary N) is 2. The van der Waals surface area contributed by atoms with Crippen molar-refractivity contribution in [2.24, 2.45) is 47.3 Å². The van der Waals surface area contributed by atoms with Gasteiger partial charge in [0.1, 0.15) is 0 Å². The van der Waals surface area contributed by atoms with Crippen LogP contribution in [-0.2, 0) is 0 Å². The van der Waals surface area contributed by atoms with Crippen molar-refractivity contribution in [1.82, 2.24) is 10.6 Å². The summed E-state index contributed by atoms with van der Waals surface area (Å²) in [5.41, 5.74) is 2.90. The van der Waals surface area contributed by atoms with E-state index in [2.05, 4.69) is 43.6 Å². The van der Waals surface area contributed by atoms with Crippen LogP contribution in [-0.4, -0.2) is 36.9 Å². The van der Waals surface area contributed by atoms with Crippen LogP contribution in [0.15, 0.2) is 23.3 Å². The van der Waals surface area contributed by atoms with Crippen LogP contribution in [0.3, 0.4) is 0 Å². The van der Waals surface area contributed by atoms with Crippen molar-refractivity contribution >= 4 is 0 Å². The standard InChI is InChI=1S/C23H36N2O/c1-12(2)5-4-6-13(3)7-8-24-9-10-25-22-18-14-11-15-17-16(14)20(22)21(17)23(26)19(15)18/h5,7,14-26H,4,6,8-11H2,1-3H3/b13-7+/t14?,15?,16?,17?,18?,19?,20?,21?,22-,23+/m1/s1. The summed E-state index contributed by atoms with van der Waals surface area (Å²) in [6, 6.07) is 0.718. The van der Waals surface area contributed by atoms with Gasteiger partial charge in [0.25, 0.3) is 0 Å². The maximum Gasteiger partial charge on any atom is 0.0608 e. The van der Waals surface area contributed by atoms with Gasteiger partial charge in [0.05, 0.1) is 6.10 Å². The Hall–Kier alpha value is -0.640. The number of allylic oxidation sites excluding steroid dienone is 3. The van der Waals surface area contributed by atoms with Crippen LogP contribution < -0.4 is 10.6 Å². The highest BCUT2D eigenvalue weighted by molar-refractivity contribution is 5.31. The van der Waals surface area contributed by atoms with E-state index in [0.717, 1.165) is 67.6 Å². The van der Waals surface area contributed by atoms with Gasteiger partial charge < -0.3 is 15.7 Å². The summed E-state index contributed by atoms with van der Waals surface area (Å²) in [5, 5.41) is 18.1. The van der Waals surface area contributed by atoms with Crippen LogP contribution in [0.4, 0.5) is 0 Å². The van der Waals surface area contributed by atoms with Gasteiger partial charge in [0.2, 0.25) is 0 Å². The quantitative estimate of drug-likeness (QED) is 0.440. The molecule has 0 aromatic heterocycles. The number of hydrogen-bond acceptors (Lipinski definition) is 3. The van der Waals surface area contributed by atoms with Gasteiger partial charge in [0, 0.05) is 25.7 Å². The van der Waals surface area contributed by atoms with Gasteiger partial charge in [-0.15, -0.1) is 0 Å². The number of fused-ring (bicyclic) bond motifs is 2. The third-order valence-electron chi connectivity index (χ3n) is 8.73. The number of aliphatic hydroxyl groups excluding tert-OH is 1. The van der Waals surface area contributed by atoms with Crippen LogP contribution in [0.2, 0.25) is 0 Å². The Morgan fingerprint density at radius 1 is 0.923 bits per heavy atom. The summed E-state index contributed by atoms with van der Waals surface area (Å²) in [5.74, 6) is 6.70. The fourth-order valence-corrected chi connectivity index (χ4v) is 8.12. The molecule has 2 bridgehead atoms. The van der Waals surface area contributed by atoms with Crippen LogP contribution in [0.25, 0.3) is 0 Å². The van der Waals surface area contributed by atoms with Crippen LogP contribution in [0.5, 0.6) is 0 Å². The molecule has 3 heteroatoms. The molecule has 5 aliphatic rings. The first kappa shape index (κ1) is 17.5. The number of aliphatic hydroxyl groups is 1. The first-order chi connectivity index (χ1) is 12.6. The van der Waals surface area contributed by atoms with Gasteiger partial charge in [-0.05, 0) is 87.4 Å². The van der Waals surface area contributed by atoms with Crippen molar-refractivity contribution in [2.75, 3.05) is 19.6 Å². The summed E-state index contributed by atoms with van der Waals surface area (Å²) >= 11 is 0. The average molecular weight is 357 g/mol. The Balaban J connectivity index is 1.04. The topological polar surface area (TPSA) is 44.3 Å². The molecule has 0 heterocycles. The smallest absolute Gasteiger partial charge is 0.0608 e. The van der Waals surface area contributed by atoms with E-state index in [1.54, 1.807) is 0 Å². The van der Waals surface area contributed by atoms with Crippen molar-refractivity contribution in [2.45, 2.75) is 52.2 Å². The second-order valence-electron chi connectivity index (χ2n) is 10.1. The molecule has 10 atom stereocenters. The first-order valence-electron chi connectivity index (χ1n) is 11.0. The van der Waals surface area contributed by atoms with Crippen molar-refractivity contribution < 1.29 is 5.11 Å². The van der Waals surface area contributed by atoms with Crippen molar-refractivity contribution in [1.29, 1.82) is 0 Å². The fraction of sp³-hybridized carbons (Fsp3) is 0.826. The van der Waals surface area contributed by atoms with E-state index in [1.807, 2.05) is 0 Å². The summed E-state index contributed by atoms with van der Waals surface area (Å²) in [6.45, 7) is 9.69. The maximum absolute atomic E-state index is 10.7. The molecular weight excluding hydrogens is 320 g/mol. The zero-order valence-corrected chi connectivity index (χ0v) is 16.6. The number of hydrogen-bond donors (Lipinski definition) is 3. The summed E-state index contributed by atoms with van der Waals surface area (Å²) in [7, 11) is 0. The van der Waals surface area contributed by atoms with Crippen LogP contribution >= 0.6 is 0 Å². The highest BCUT2D eigenvalue weighted by Gasteiger charge is 2.83. The molecule has 0 aromatic carbocycles. The molecule has 5 aliphatic carbocycles. The predicted octanol–water partition coefficient (Wildman–Crippen LogP) is 2.98. The molecule has 5 rings (SSSR count). The van der Waals surface area contributed by atoms with Gasteiger partial charge >= 0.3 is 0 Å². The fourth-order valence-electron chi connectivity index (χ4n) is 8.12. The van der Waals surface area contributed by atoms with Gasteiger partial charge in [-0.25, -0.2) is 0 Å². The lowest BCUT2D eigenvalue weighted by Crippen LogP contribution is -2.56. The van der Waals surface area contributed by atoms with Crippen LogP contribution in [0, 0.1) is 47.3 Å². The third kappa shape index (κ3) is 2.36. The highest BCUT2D eigenvalue weighted by Crippen LogP contribution is 2.82. The molecule has 3 N–H and O–H groups in total. The Morgan fingerprint density at radius 3 is 2.50 bits per heavy atom. The summed E-state index contributed by atoms with van der Waals surface area (Å²) < 4.78 is 0. The zero-order valence-electron chi connectivity index (χ0n) is 16.6. The predicted molar refractivity (Wildman–Crippen MR) is 106 cm³/mol. The minimum absolute atomic E-state index is 0.0550. The molecule has 3 nitrogen and oxygen atoms in total. The molecule has 0 aliphatic heterocycles. The van der Waals surface area contributed by atoms with Crippen molar-refractivity contribution in [3.05, 3.63) is 23.3 Å². The van der Waals surface area contributed by atoms with E-state index in [0.29, 0.717) is 11.8 Å². The van der Waals surface area contributed by atoms with Gasteiger partial charge in [-0.2, -0.15) is 0 Å². The van der Waals surface area contributed by atoms with E-state index in [1.165, 1.54) is 24.0 Å². The molecule has 5 fully saturated rings. The Kier molecular flexibility index (Phi) is 4.34. The minimum Gasteiger partial charge on any atom is -0.393 e. The minimum atomic E-state index is 0.0550. The summed E-state index contributed by atoms with van der Waals surface area (Å²) in [4.78, 5) is 0. The SMILES string of the molecule is CC(C)=CCC/C(C)=C/CNCCN[C@@H]1C2C3CC4C5C3C1C5[C@@H](O)C42.